The largest absolute Gasteiger partial charge is 0.478 e. The molecule has 5 nitrogen and oxygen atoms in total. The monoisotopic (exact) mass is 264 g/mol. The van der Waals surface area contributed by atoms with Crippen molar-refractivity contribution in [3.8, 4) is 5.88 Å². The first-order valence-electron chi connectivity index (χ1n) is 6.90. The smallest absolute Gasteiger partial charge is 0.218 e. The van der Waals surface area contributed by atoms with E-state index in [-0.39, 0.29) is 0 Å². The van der Waals surface area contributed by atoms with Crippen molar-refractivity contribution in [1.29, 1.82) is 0 Å². The molecule has 0 atom stereocenters. The minimum Gasteiger partial charge on any atom is -0.478 e. The number of guanidine groups is 1. The summed E-state index contributed by atoms with van der Waals surface area (Å²) >= 11 is 0. The van der Waals surface area contributed by atoms with E-state index in [0.29, 0.717) is 19.0 Å². The Labute approximate surface area is 115 Å². The van der Waals surface area contributed by atoms with Gasteiger partial charge < -0.3 is 15.4 Å². The number of nitrogens with zero attached hydrogens (tertiary/aromatic N) is 2. The Morgan fingerprint density at radius 1 is 1.32 bits per heavy atom. The van der Waals surface area contributed by atoms with Crippen LogP contribution in [0.3, 0.4) is 0 Å². The standard InChI is InChI=1S/C14H24N4O/c1-4-9-17-14(15-5-2)18-11-12-8-7-10-16-13(12)19-6-3/h7-8,10H,4-6,9,11H2,1-3H3,(H2,15,17,18). The summed E-state index contributed by atoms with van der Waals surface area (Å²) in [6.45, 7) is 9.07. The van der Waals surface area contributed by atoms with Crippen LogP contribution in [-0.2, 0) is 6.54 Å². The van der Waals surface area contributed by atoms with Gasteiger partial charge >= 0.3 is 0 Å². The van der Waals surface area contributed by atoms with Crippen molar-refractivity contribution in [1.82, 2.24) is 15.6 Å². The highest BCUT2D eigenvalue weighted by atomic mass is 16.5. The van der Waals surface area contributed by atoms with E-state index in [1.165, 1.54) is 0 Å². The molecular formula is C14H24N4O. The highest BCUT2D eigenvalue weighted by molar-refractivity contribution is 5.79. The molecule has 0 aliphatic heterocycles. The summed E-state index contributed by atoms with van der Waals surface area (Å²) < 4.78 is 5.49. The lowest BCUT2D eigenvalue weighted by Crippen LogP contribution is -2.37. The summed E-state index contributed by atoms with van der Waals surface area (Å²) in [6, 6.07) is 3.89. The first-order chi connectivity index (χ1) is 9.31. The van der Waals surface area contributed by atoms with Crippen LogP contribution in [0.15, 0.2) is 23.3 Å². The highest BCUT2D eigenvalue weighted by Crippen LogP contribution is 2.15. The normalized spacial score (nSPS) is 11.2. The molecule has 0 spiro atoms. The van der Waals surface area contributed by atoms with Gasteiger partial charge in [0.05, 0.1) is 13.2 Å². The number of nitrogens with one attached hydrogen (secondary N) is 2. The van der Waals surface area contributed by atoms with Gasteiger partial charge in [0.2, 0.25) is 5.88 Å². The van der Waals surface area contributed by atoms with E-state index in [0.717, 1.165) is 31.0 Å². The zero-order valence-electron chi connectivity index (χ0n) is 12.1. The molecule has 0 saturated heterocycles. The van der Waals surface area contributed by atoms with Crippen LogP contribution in [0.4, 0.5) is 0 Å². The third-order valence-corrected chi connectivity index (χ3v) is 2.43. The second kappa shape index (κ2) is 9.19. The van der Waals surface area contributed by atoms with Crippen LogP contribution in [0, 0.1) is 0 Å². The second-order valence-corrected chi connectivity index (χ2v) is 4.02. The Kier molecular flexibility index (Phi) is 7.39. The van der Waals surface area contributed by atoms with E-state index >= 15 is 0 Å². The first-order valence-corrected chi connectivity index (χ1v) is 6.90. The van der Waals surface area contributed by atoms with E-state index < -0.39 is 0 Å². The predicted molar refractivity (Wildman–Crippen MR) is 78.5 cm³/mol. The zero-order valence-corrected chi connectivity index (χ0v) is 12.1. The summed E-state index contributed by atoms with van der Waals surface area (Å²) in [5.74, 6) is 1.50. The Morgan fingerprint density at radius 2 is 2.16 bits per heavy atom. The number of aliphatic imine (C=N–C) groups is 1. The van der Waals surface area contributed by atoms with Gasteiger partial charge in [-0.15, -0.1) is 0 Å². The fraction of sp³-hybridized carbons (Fsp3) is 0.571. The fourth-order valence-electron chi connectivity index (χ4n) is 1.56. The second-order valence-electron chi connectivity index (χ2n) is 4.02. The molecule has 0 saturated carbocycles. The van der Waals surface area contributed by atoms with Gasteiger partial charge in [-0.2, -0.15) is 0 Å². The van der Waals surface area contributed by atoms with E-state index in [2.05, 4.69) is 34.5 Å². The SMILES string of the molecule is CCCNC(=NCc1cccnc1OCC)NCC. The molecule has 106 valence electrons. The van der Waals surface area contributed by atoms with Gasteiger partial charge in [0, 0.05) is 24.8 Å². The maximum Gasteiger partial charge on any atom is 0.218 e. The Morgan fingerprint density at radius 3 is 2.84 bits per heavy atom. The molecule has 1 aromatic heterocycles. The average molecular weight is 264 g/mol. The van der Waals surface area contributed by atoms with Gasteiger partial charge in [-0.3, -0.25) is 0 Å². The van der Waals surface area contributed by atoms with Gasteiger partial charge in [-0.25, -0.2) is 9.98 Å². The lowest BCUT2D eigenvalue weighted by molar-refractivity contribution is 0.323. The number of hydrogen-bond donors (Lipinski definition) is 2. The molecule has 0 radical (unpaired) electrons. The molecule has 1 rings (SSSR count). The van der Waals surface area contributed by atoms with E-state index in [9.17, 15) is 0 Å². The molecule has 19 heavy (non-hydrogen) atoms. The number of rotatable bonds is 7. The van der Waals surface area contributed by atoms with E-state index in [1.54, 1.807) is 6.20 Å². The minimum absolute atomic E-state index is 0.558. The molecule has 0 aliphatic carbocycles. The number of pyridine rings is 1. The number of ether oxygens (including phenoxy) is 1. The molecular weight excluding hydrogens is 240 g/mol. The third-order valence-electron chi connectivity index (χ3n) is 2.43. The van der Waals surface area contributed by atoms with Gasteiger partial charge in [-0.05, 0) is 26.3 Å². The molecule has 0 amide bonds. The molecule has 0 aromatic carbocycles. The van der Waals surface area contributed by atoms with Crippen molar-refractivity contribution in [3.63, 3.8) is 0 Å². The summed E-state index contributed by atoms with van der Waals surface area (Å²) in [5, 5.41) is 6.49. The molecule has 0 fully saturated rings. The number of aromatic nitrogens is 1. The molecule has 0 aliphatic rings. The summed E-state index contributed by atoms with van der Waals surface area (Å²) in [5.41, 5.74) is 0.998. The number of hydrogen-bond acceptors (Lipinski definition) is 3. The van der Waals surface area contributed by atoms with Crippen molar-refractivity contribution >= 4 is 5.96 Å². The minimum atomic E-state index is 0.558. The van der Waals surface area contributed by atoms with Crippen LogP contribution < -0.4 is 15.4 Å². The summed E-state index contributed by atoms with van der Waals surface area (Å²) in [4.78, 5) is 8.76. The van der Waals surface area contributed by atoms with Crippen LogP contribution in [0.25, 0.3) is 0 Å². The van der Waals surface area contributed by atoms with Crippen molar-refractivity contribution in [2.45, 2.75) is 33.7 Å². The predicted octanol–water partition coefficient (Wildman–Crippen LogP) is 1.95. The Balaban J connectivity index is 2.70. The van der Waals surface area contributed by atoms with Crippen molar-refractivity contribution in [3.05, 3.63) is 23.9 Å². The van der Waals surface area contributed by atoms with Crippen LogP contribution in [0.2, 0.25) is 0 Å². The topological polar surface area (TPSA) is 58.5 Å². The van der Waals surface area contributed by atoms with Crippen molar-refractivity contribution in [2.24, 2.45) is 4.99 Å². The van der Waals surface area contributed by atoms with Gasteiger partial charge in [0.25, 0.3) is 0 Å². The van der Waals surface area contributed by atoms with Gasteiger partial charge in [-0.1, -0.05) is 13.0 Å². The van der Waals surface area contributed by atoms with Crippen molar-refractivity contribution in [2.75, 3.05) is 19.7 Å². The van der Waals surface area contributed by atoms with Gasteiger partial charge in [0.15, 0.2) is 5.96 Å². The first kappa shape index (κ1) is 15.3. The molecule has 5 heteroatoms. The van der Waals surface area contributed by atoms with Crippen LogP contribution in [0.1, 0.15) is 32.8 Å². The average Bonchev–Trinajstić information content (AvgIpc) is 2.43. The maximum atomic E-state index is 5.49. The third kappa shape index (κ3) is 5.59. The molecule has 2 N–H and O–H groups in total. The Hall–Kier alpha value is -1.78. The molecule has 1 aromatic rings. The van der Waals surface area contributed by atoms with E-state index in [4.69, 9.17) is 4.74 Å². The van der Waals surface area contributed by atoms with Gasteiger partial charge in [0.1, 0.15) is 0 Å². The van der Waals surface area contributed by atoms with Crippen LogP contribution in [0.5, 0.6) is 5.88 Å². The zero-order chi connectivity index (χ0) is 13.9. The summed E-state index contributed by atoms with van der Waals surface area (Å²) in [7, 11) is 0. The lowest BCUT2D eigenvalue weighted by atomic mass is 10.3. The van der Waals surface area contributed by atoms with E-state index in [1.807, 2.05) is 19.1 Å². The highest BCUT2D eigenvalue weighted by Gasteiger charge is 2.03. The lowest BCUT2D eigenvalue weighted by Gasteiger charge is -2.11. The van der Waals surface area contributed by atoms with Crippen LogP contribution in [-0.4, -0.2) is 30.6 Å². The summed E-state index contributed by atoms with van der Waals surface area (Å²) in [6.07, 6.45) is 2.81. The quantitative estimate of drug-likeness (QED) is 0.584. The Bertz CT molecular complexity index is 393. The van der Waals surface area contributed by atoms with Crippen LogP contribution >= 0.6 is 0 Å². The van der Waals surface area contributed by atoms with Crippen molar-refractivity contribution < 1.29 is 4.74 Å². The molecule has 1 heterocycles. The molecule has 0 bridgehead atoms. The molecule has 0 unspecified atom stereocenters. The maximum absolute atomic E-state index is 5.49. The fourth-order valence-corrected chi connectivity index (χ4v) is 1.56.